The van der Waals surface area contributed by atoms with E-state index in [1.165, 1.54) is 16.7 Å². The highest BCUT2D eigenvalue weighted by atomic mass is 16.5. The number of hydrazine groups is 1. The van der Waals surface area contributed by atoms with Gasteiger partial charge in [0.2, 0.25) is 0 Å². The van der Waals surface area contributed by atoms with E-state index in [1.807, 2.05) is 0 Å². The number of nitrogens with two attached hydrogens (primary N) is 1. The summed E-state index contributed by atoms with van der Waals surface area (Å²) in [5, 5.41) is 0. The molecule has 0 aliphatic heterocycles. The molecule has 0 aromatic heterocycles. The van der Waals surface area contributed by atoms with Crippen molar-refractivity contribution in [3.63, 3.8) is 0 Å². The molecule has 0 saturated heterocycles. The molecule has 1 aromatic carbocycles. The van der Waals surface area contributed by atoms with Crippen LogP contribution >= 0.6 is 0 Å². The molecule has 3 heteroatoms. The molecule has 0 heterocycles. The van der Waals surface area contributed by atoms with Crippen LogP contribution in [0.3, 0.4) is 0 Å². The zero-order valence-electron chi connectivity index (χ0n) is 10.4. The summed E-state index contributed by atoms with van der Waals surface area (Å²) < 4.78 is 5.07. The van der Waals surface area contributed by atoms with Gasteiger partial charge in [0.1, 0.15) is 0 Å². The highest BCUT2D eigenvalue weighted by Gasteiger charge is 2.09. The molecule has 16 heavy (non-hydrogen) atoms. The quantitative estimate of drug-likeness (QED) is 0.569. The van der Waals surface area contributed by atoms with E-state index in [2.05, 4.69) is 37.5 Å². The fraction of sp³-hybridized carbons (Fsp3) is 0.538. The summed E-state index contributed by atoms with van der Waals surface area (Å²) in [7, 11) is 1.71. The van der Waals surface area contributed by atoms with Crippen LogP contribution in [-0.4, -0.2) is 19.8 Å². The Balaban J connectivity index is 2.65. The molecule has 0 radical (unpaired) electrons. The highest BCUT2D eigenvalue weighted by molar-refractivity contribution is 5.31. The molecule has 0 spiro atoms. The highest BCUT2D eigenvalue weighted by Crippen LogP contribution is 2.13. The molecule has 1 aromatic rings. The Hall–Kier alpha value is -0.900. The zero-order valence-corrected chi connectivity index (χ0v) is 10.4. The Morgan fingerprint density at radius 1 is 1.38 bits per heavy atom. The van der Waals surface area contributed by atoms with Gasteiger partial charge in [0.05, 0.1) is 0 Å². The lowest BCUT2D eigenvalue weighted by molar-refractivity contribution is 0.182. The first kappa shape index (κ1) is 13.2. The van der Waals surface area contributed by atoms with Crippen LogP contribution < -0.4 is 11.3 Å². The van der Waals surface area contributed by atoms with E-state index in [4.69, 9.17) is 10.6 Å². The normalized spacial score (nSPS) is 12.8. The van der Waals surface area contributed by atoms with Gasteiger partial charge in [-0.25, -0.2) is 0 Å². The topological polar surface area (TPSA) is 47.3 Å². The number of rotatable bonds is 6. The number of hydrogen-bond donors (Lipinski definition) is 2. The summed E-state index contributed by atoms with van der Waals surface area (Å²) in [4.78, 5) is 0. The molecule has 0 aliphatic rings. The molecule has 90 valence electrons. The molecule has 1 atom stereocenters. The second-order valence-corrected chi connectivity index (χ2v) is 4.28. The number of methoxy groups -OCH3 is 1. The molecular weight excluding hydrogens is 200 g/mol. The van der Waals surface area contributed by atoms with Crippen LogP contribution in [0.25, 0.3) is 0 Å². The number of hydrogen-bond acceptors (Lipinski definition) is 3. The second kappa shape index (κ2) is 6.63. The summed E-state index contributed by atoms with van der Waals surface area (Å²) in [6.07, 6.45) is 1.88. The standard InChI is InChI=1S/C13H22N2O/c1-10-4-5-11(2)12(8-10)9-13(15-14)6-7-16-3/h4-5,8,13,15H,6-7,9,14H2,1-3H3. The smallest absolute Gasteiger partial charge is 0.0477 e. The monoisotopic (exact) mass is 222 g/mol. The van der Waals surface area contributed by atoms with Crippen molar-refractivity contribution in [1.29, 1.82) is 0 Å². The van der Waals surface area contributed by atoms with Crippen molar-refractivity contribution in [3.8, 4) is 0 Å². The molecule has 0 aliphatic carbocycles. The molecule has 1 unspecified atom stereocenters. The largest absolute Gasteiger partial charge is 0.385 e. The van der Waals surface area contributed by atoms with Crippen molar-refractivity contribution in [2.24, 2.45) is 5.84 Å². The minimum absolute atomic E-state index is 0.278. The summed E-state index contributed by atoms with van der Waals surface area (Å²) in [5.41, 5.74) is 6.83. The first-order valence-corrected chi connectivity index (χ1v) is 5.68. The molecule has 0 amide bonds. The predicted molar refractivity (Wildman–Crippen MR) is 67.2 cm³/mol. The Morgan fingerprint density at radius 3 is 2.75 bits per heavy atom. The lowest BCUT2D eigenvalue weighted by Gasteiger charge is -2.17. The number of benzene rings is 1. The van der Waals surface area contributed by atoms with E-state index >= 15 is 0 Å². The SMILES string of the molecule is COCCC(Cc1cc(C)ccc1C)NN. The van der Waals surface area contributed by atoms with E-state index in [0.717, 1.165) is 19.4 Å². The van der Waals surface area contributed by atoms with Crippen LogP contribution in [0.4, 0.5) is 0 Å². The van der Waals surface area contributed by atoms with Gasteiger partial charge in [-0.15, -0.1) is 0 Å². The van der Waals surface area contributed by atoms with E-state index in [-0.39, 0.29) is 6.04 Å². The summed E-state index contributed by atoms with van der Waals surface area (Å²) in [6.45, 7) is 4.99. The lowest BCUT2D eigenvalue weighted by atomic mass is 9.98. The average molecular weight is 222 g/mol. The van der Waals surface area contributed by atoms with Gasteiger partial charge in [-0.2, -0.15) is 0 Å². The summed E-state index contributed by atoms with van der Waals surface area (Å²) >= 11 is 0. The lowest BCUT2D eigenvalue weighted by Crippen LogP contribution is -2.37. The Morgan fingerprint density at radius 2 is 2.12 bits per heavy atom. The van der Waals surface area contributed by atoms with E-state index < -0.39 is 0 Å². The van der Waals surface area contributed by atoms with Crippen molar-refractivity contribution in [1.82, 2.24) is 5.43 Å². The molecule has 3 N–H and O–H groups in total. The molecule has 0 bridgehead atoms. The van der Waals surface area contributed by atoms with Crippen molar-refractivity contribution in [2.75, 3.05) is 13.7 Å². The molecule has 0 fully saturated rings. The summed E-state index contributed by atoms with van der Waals surface area (Å²) in [6, 6.07) is 6.81. The summed E-state index contributed by atoms with van der Waals surface area (Å²) in [5.74, 6) is 5.54. The third kappa shape index (κ3) is 3.93. The van der Waals surface area contributed by atoms with E-state index in [9.17, 15) is 0 Å². The third-order valence-corrected chi connectivity index (χ3v) is 2.88. The van der Waals surface area contributed by atoms with Gasteiger partial charge >= 0.3 is 0 Å². The Kier molecular flexibility index (Phi) is 5.46. The Bertz CT molecular complexity index is 326. The maximum Gasteiger partial charge on any atom is 0.0477 e. The van der Waals surface area contributed by atoms with Crippen molar-refractivity contribution < 1.29 is 4.74 Å². The third-order valence-electron chi connectivity index (χ3n) is 2.88. The molecule has 0 saturated carbocycles. The fourth-order valence-electron chi connectivity index (χ4n) is 1.79. The van der Waals surface area contributed by atoms with Gasteiger partial charge in [-0.3, -0.25) is 11.3 Å². The van der Waals surface area contributed by atoms with Crippen molar-refractivity contribution >= 4 is 0 Å². The number of ether oxygens (including phenoxy) is 1. The van der Waals surface area contributed by atoms with Crippen LogP contribution in [0.5, 0.6) is 0 Å². The van der Waals surface area contributed by atoms with E-state index in [1.54, 1.807) is 7.11 Å². The minimum atomic E-state index is 0.278. The molecule has 3 nitrogen and oxygen atoms in total. The number of nitrogens with one attached hydrogen (secondary N) is 1. The first-order chi connectivity index (χ1) is 7.67. The predicted octanol–water partition coefficient (Wildman–Crippen LogP) is 1.71. The van der Waals surface area contributed by atoms with Crippen LogP contribution in [0.1, 0.15) is 23.1 Å². The van der Waals surface area contributed by atoms with Crippen LogP contribution in [0.2, 0.25) is 0 Å². The van der Waals surface area contributed by atoms with Crippen LogP contribution in [-0.2, 0) is 11.2 Å². The van der Waals surface area contributed by atoms with Crippen molar-refractivity contribution in [2.45, 2.75) is 32.7 Å². The molecular formula is C13H22N2O. The van der Waals surface area contributed by atoms with Gasteiger partial charge in [-0.05, 0) is 37.8 Å². The minimum Gasteiger partial charge on any atom is -0.385 e. The fourth-order valence-corrected chi connectivity index (χ4v) is 1.79. The van der Waals surface area contributed by atoms with Crippen LogP contribution in [0, 0.1) is 13.8 Å². The second-order valence-electron chi connectivity index (χ2n) is 4.28. The van der Waals surface area contributed by atoms with Crippen molar-refractivity contribution in [3.05, 3.63) is 34.9 Å². The first-order valence-electron chi connectivity index (χ1n) is 5.68. The zero-order chi connectivity index (χ0) is 12.0. The number of aryl methyl sites for hydroxylation is 2. The molecule has 1 rings (SSSR count). The van der Waals surface area contributed by atoms with Gasteiger partial charge < -0.3 is 4.74 Å². The van der Waals surface area contributed by atoms with Gasteiger partial charge in [-0.1, -0.05) is 23.8 Å². The maximum absolute atomic E-state index is 5.54. The van der Waals surface area contributed by atoms with Crippen LogP contribution in [0.15, 0.2) is 18.2 Å². The average Bonchev–Trinajstić information content (AvgIpc) is 2.28. The Labute approximate surface area is 98.0 Å². The van der Waals surface area contributed by atoms with Gasteiger partial charge in [0, 0.05) is 19.8 Å². The van der Waals surface area contributed by atoms with Gasteiger partial charge in [0.15, 0.2) is 0 Å². The van der Waals surface area contributed by atoms with Gasteiger partial charge in [0.25, 0.3) is 0 Å². The van der Waals surface area contributed by atoms with E-state index in [0.29, 0.717) is 0 Å². The maximum atomic E-state index is 5.54.